The van der Waals surface area contributed by atoms with Crippen molar-refractivity contribution < 1.29 is 5.11 Å². The highest BCUT2D eigenvalue weighted by atomic mass is 16.3. The van der Waals surface area contributed by atoms with Crippen LogP contribution in [0.2, 0.25) is 0 Å². The van der Waals surface area contributed by atoms with Crippen LogP contribution in [-0.2, 0) is 6.42 Å². The molecule has 1 N–H and O–H groups in total. The molecule has 0 radical (unpaired) electrons. The van der Waals surface area contributed by atoms with E-state index in [2.05, 4.69) is 12.2 Å². The molecule has 0 heterocycles. The molecular weight excluding hydrogens is 136 g/mol. The predicted octanol–water partition coefficient (Wildman–Crippen LogP) is 2.27. The molecule has 0 spiro atoms. The maximum Gasteiger partial charge on any atom is 0.119 e. The highest BCUT2D eigenvalue weighted by molar-refractivity contribution is 5.62. The number of aryl methyl sites for hydroxylation is 1. The fourth-order valence-corrected chi connectivity index (χ4v) is 1.42. The molecule has 1 aromatic carbocycles. The maximum absolute atomic E-state index is 9.35. The molecule has 0 aliphatic heterocycles. The molecule has 0 amide bonds. The average molecular weight is 146 g/mol. The molecule has 0 saturated heterocycles. The SMILES string of the molecule is Cc1cc2c(cc1O)C=CC2. The van der Waals surface area contributed by atoms with E-state index < -0.39 is 0 Å². The summed E-state index contributed by atoms with van der Waals surface area (Å²) in [5.74, 6) is 0.398. The van der Waals surface area contributed by atoms with E-state index in [9.17, 15) is 5.11 Å². The van der Waals surface area contributed by atoms with Gasteiger partial charge in [0.25, 0.3) is 0 Å². The summed E-state index contributed by atoms with van der Waals surface area (Å²) in [6, 6.07) is 3.87. The summed E-state index contributed by atoms with van der Waals surface area (Å²) >= 11 is 0. The Kier molecular flexibility index (Phi) is 1.25. The number of phenols is 1. The van der Waals surface area contributed by atoms with E-state index in [1.54, 1.807) is 0 Å². The van der Waals surface area contributed by atoms with Crippen LogP contribution in [0.3, 0.4) is 0 Å². The van der Waals surface area contributed by atoms with Crippen molar-refractivity contribution in [2.45, 2.75) is 13.3 Å². The lowest BCUT2D eigenvalue weighted by molar-refractivity contribution is 0.471. The summed E-state index contributed by atoms with van der Waals surface area (Å²) in [7, 11) is 0. The van der Waals surface area contributed by atoms with Crippen LogP contribution < -0.4 is 0 Å². The second-order valence-corrected chi connectivity index (χ2v) is 2.94. The van der Waals surface area contributed by atoms with E-state index in [-0.39, 0.29) is 0 Å². The lowest BCUT2D eigenvalue weighted by Gasteiger charge is -2.02. The molecule has 1 aliphatic rings. The Balaban J connectivity index is 2.63. The molecule has 0 fully saturated rings. The topological polar surface area (TPSA) is 20.2 Å². The number of hydrogen-bond acceptors (Lipinski definition) is 1. The van der Waals surface area contributed by atoms with E-state index in [0.717, 1.165) is 17.5 Å². The van der Waals surface area contributed by atoms with Crippen LogP contribution in [0.25, 0.3) is 6.08 Å². The summed E-state index contributed by atoms with van der Waals surface area (Å²) in [6.45, 7) is 1.92. The monoisotopic (exact) mass is 146 g/mol. The van der Waals surface area contributed by atoms with Gasteiger partial charge < -0.3 is 5.11 Å². The molecule has 0 bridgehead atoms. The average Bonchev–Trinajstić information content (AvgIpc) is 2.36. The zero-order valence-electron chi connectivity index (χ0n) is 6.46. The summed E-state index contributed by atoms with van der Waals surface area (Å²) < 4.78 is 0. The second kappa shape index (κ2) is 2.12. The largest absolute Gasteiger partial charge is 0.508 e. The Morgan fingerprint density at radius 1 is 1.36 bits per heavy atom. The standard InChI is InChI=1S/C10H10O/c1-7-5-8-3-2-4-9(8)6-10(7)11/h2,4-6,11H,3H2,1H3. The summed E-state index contributed by atoms with van der Waals surface area (Å²) in [5, 5.41) is 9.35. The number of allylic oxidation sites excluding steroid dienone is 1. The van der Waals surface area contributed by atoms with Crippen molar-refractivity contribution in [3.8, 4) is 5.75 Å². The smallest absolute Gasteiger partial charge is 0.119 e. The number of aromatic hydroxyl groups is 1. The highest BCUT2D eigenvalue weighted by Crippen LogP contribution is 2.26. The number of rotatable bonds is 0. The van der Waals surface area contributed by atoms with Gasteiger partial charge in [-0.1, -0.05) is 18.2 Å². The van der Waals surface area contributed by atoms with Crippen molar-refractivity contribution in [3.05, 3.63) is 34.9 Å². The van der Waals surface area contributed by atoms with Crippen LogP contribution in [0.1, 0.15) is 16.7 Å². The molecule has 1 heteroatoms. The van der Waals surface area contributed by atoms with Crippen molar-refractivity contribution in [3.63, 3.8) is 0 Å². The van der Waals surface area contributed by atoms with Crippen molar-refractivity contribution in [2.75, 3.05) is 0 Å². The van der Waals surface area contributed by atoms with Gasteiger partial charge in [0.2, 0.25) is 0 Å². The normalized spacial score (nSPS) is 13.5. The number of hydrogen-bond donors (Lipinski definition) is 1. The van der Waals surface area contributed by atoms with Gasteiger partial charge >= 0.3 is 0 Å². The third kappa shape index (κ3) is 0.929. The van der Waals surface area contributed by atoms with Crippen LogP contribution in [0.15, 0.2) is 18.2 Å². The fraction of sp³-hybridized carbons (Fsp3) is 0.200. The molecule has 11 heavy (non-hydrogen) atoms. The van der Waals surface area contributed by atoms with Crippen LogP contribution in [0.4, 0.5) is 0 Å². The lowest BCUT2D eigenvalue weighted by atomic mass is 10.1. The van der Waals surface area contributed by atoms with Gasteiger partial charge in [0.1, 0.15) is 5.75 Å². The molecule has 2 rings (SSSR count). The van der Waals surface area contributed by atoms with E-state index in [1.807, 2.05) is 19.1 Å². The first-order valence-electron chi connectivity index (χ1n) is 3.76. The zero-order valence-corrected chi connectivity index (χ0v) is 6.46. The van der Waals surface area contributed by atoms with Crippen LogP contribution in [0.5, 0.6) is 5.75 Å². The van der Waals surface area contributed by atoms with Gasteiger partial charge in [-0.05, 0) is 36.1 Å². The first-order chi connectivity index (χ1) is 5.27. The fourth-order valence-electron chi connectivity index (χ4n) is 1.42. The first-order valence-corrected chi connectivity index (χ1v) is 3.76. The maximum atomic E-state index is 9.35. The number of fused-ring (bicyclic) bond motifs is 1. The lowest BCUT2D eigenvalue weighted by Crippen LogP contribution is -1.83. The minimum absolute atomic E-state index is 0.398. The third-order valence-corrected chi connectivity index (χ3v) is 2.09. The Hall–Kier alpha value is -1.24. The van der Waals surface area contributed by atoms with E-state index in [0.29, 0.717) is 5.75 Å². The summed E-state index contributed by atoms with van der Waals surface area (Å²) in [4.78, 5) is 0. The van der Waals surface area contributed by atoms with Crippen LogP contribution in [-0.4, -0.2) is 5.11 Å². The predicted molar refractivity (Wildman–Crippen MR) is 45.6 cm³/mol. The van der Waals surface area contributed by atoms with Gasteiger partial charge in [-0.2, -0.15) is 0 Å². The van der Waals surface area contributed by atoms with Crippen LogP contribution >= 0.6 is 0 Å². The Labute approximate surface area is 66.0 Å². The van der Waals surface area contributed by atoms with E-state index >= 15 is 0 Å². The molecule has 56 valence electrons. The van der Waals surface area contributed by atoms with Crippen molar-refractivity contribution in [1.29, 1.82) is 0 Å². The Morgan fingerprint density at radius 3 is 3.00 bits per heavy atom. The van der Waals surface area contributed by atoms with Gasteiger partial charge in [-0.25, -0.2) is 0 Å². The molecule has 0 aromatic heterocycles. The highest BCUT2D eigenvalue weighted by Gasteiger charge is 2.06. The molecule has 0 saturated carbocycles. The van der Waals surface area contributed by atoms with Gasteiger partial charge in [-0.3, -0.25) is 0 Å². The first kappa shape index (κ1) is 6.47. The summed E-state index contributed by atoms with van der Waals surface area (Å²) in [5.41, 5.74) is 3.45. The molecule has 1 aliphatic carbocycles. The van der Waals surface area contributed by atoms with Gasteiger partial charge in [0, 0.05) is 0 Å². The Bertz CT molecular complexity index is 324. The quantitative estimate of drug-likeness (QED) is 0.595. The zero-order chi connectivity index (χ0) is 7.84. The molecule has 0 unspecified atom stereocenters. The van der Waals surface area contributed by atoms with Gasteiger partial charge in [0.15, 0.2) is 0 Å². The third-order valence-electron chi connectivity index (χ3n) is 2.09. The van der Waals surface area contributed by atoms with E-state index in [4.69, 9.17) is 0 Å². The minimum Gasteiger partial charge on any atom is -0.508 e. The minimum atomic E-state index is 0.398. The molecule has 1 aromatic rings. The summed E-state index contributed by atoms with van der Waals surface area (Å²) in [6.07, 6.45) is 5.18. The number of benzene rings is 1. The van der Waals surface area contributed by atoms with Gasteiger partial charge in [0.05, 0.1) is 0 Å². The molecular formula is C10H10O. The van der Waals surface area contributed by atoms with Crippen LogP contribution in [0, 0.1) is 6.92 Å². The van der Waals surface area contributed by atoms with Crippen molar-refractivity contribution >= 4 is 6.08 Å². The Morgan fingerprint density at radius 2 is 2.18 bits per heavy atom. The second-order valence-electron chi connectivity index (χ2n) is 2.94. The van der Waals surface area contributed by atoms with Crippen molar-refractivity contribution in [2.24, 2.45) is 0 Å². The van der Waals surface area contributed by atoms with Gasteiger partial charge in [-0.15, -0.1) is 0 Å². The number of phenolic OH excluding ortho intramolecular Hbond substituents is 1. The van der Waals surface area contributed by atoms with Crippen molar-refractivity contribution in [1.82, 2.24) is 0 Å². The molecule has 1 nitrogen and oxygen atoms in total. The van der Waals surface area contributed by atoms with E-state index in [1.165, 1.54) is 5.56 Å². The molecule has 0 atom stereocenters.